The average Bonchev–Trinajstić information content (AvgIpc) is 3.29. The zero-order valence-corrected chi connectivity index (χ0v) is 18.2. The van der Waals surface area contributed by atoms with Gasteiger partial charge in [0.1, 0.15) is 5.82 Å². The fourth-order valence-corrected chi connectivity index (χ4v) is 4.75. The molecule has 3 aromatic heterocycles. The van der Waals surface area contributed by atoms with E-state index in [2.05, 4.69) is 9.88 Å². The standard InChI is InChI=1S/C21H25N5O3S/c1-13-15(20(28)25(3)21(29)24(13)2)12-26-8-4-6-14(11-26)19-22-16(10-18(27)23-19)17-7-5-9-30-17/h5,7,9-10,14H,4,6,8,11-12H2,1-3H3,(H,22,23,27). The molecule has 8 nitrogen and oxygen atoms in total. The molecule has 0 aliphatic carbocycles. The Morgan fingerprint density at radius 2 is 2.03 bits per heavy atom. The Morgan fingerprint density at radius 1 is 1.23 bits per heavy atom. The molecule has 0 spiro atoms. The van der Waals surface area contributed by atoms with Gasteiger partial charge in [-0.2, -0.15) is 0 Å². The molecular formula is C21H25N5O3S. The first-order valence-electron chi connectivity index (χ1n) is 9.98. The summed E-state index contributed by atoms with van der Waals surface area (Å²) in [4.78, 5) is 47.9. The van der Waals surface area contributed by atoms with Crippen LogP contribution in [0, 0.1) is 6.92 Å². The van der Waals surface area contributed by atoms with Crippen LogP contribution >= 0.6 is 11.3 Å². The summed E-state index contributed by atoms with van der Waals surface area (Å²) in [5, 5.41) is 1.97. The van der Waals surface area contributed by atoms with Crippen molar-refractivity contribution in [2.45, 2.75) is 32.2 Å². The van der Waals surface area contributed by atoms with Crippen LogP contribution in [-0.4, -0.2) is 37.1 Å². The van der Waals surface area contributed by atoms with Gasteiger partial charge in [-0.25, -0.2) is 9.78 Å². The van der Waals surface area contributed by atoms with Crippen LogP contribution < -0.4 is 16.8 Å². The first kappa shape index (κ1) is 20.5. The average molecular weight is 428 g/mol. The van der Waals surface area contributed by atoms with Crippen molar-refractivity contribution in [2.24, 2.45) is 14.1 Å². The third-order valence-electron chi connectivity index (χ3n) is 5.88. The number of nitrogens with zero attached hydrogens (tertiary/aromatic N) is 4. The maximum Gasteiger partial charge on any atom is 0.330 e. The molecule has 1 fully saturated rings. The lowest BCUT2D eigenvalue weighted by atomic mass is 9.96. The van der Waals surface area contributed by atoms with Crippen molar-refractivity contribution in [3.05, 3.63) is 71.9 Å². The lowest BCUT2D eigenvalue weighted by molar-refractivity contribution is 0.194. The summed E-state index contributed by atoms with van der Waals surface area (Å²) in [6.45, 7) is 3.83. The van der Waals surface area contributed by atoms with Gasteiger partial charge in [-0.3, -0.25) is 19.1 Å². The van der Waals surface area contributed by atoms with E-state index in [4.69, 9.17) is 4.98 Å². The van der Waals surface area contributed by atoms with Crippen LogP contribution in [0.3, 0.4) is 0 Å². The smallest absolute Gasteiger partial charge is 0.310 e. The normalized spacial score (nSPS) is 17.4. The van der Waals surface area contributed by atoms with Crippen LogP contribution in [0.25, 0.3) is 10.6 Å². The van der Waals surface area contributed by atoms with Crippen molar-refractivity contribution < 1.29 is 0 Å². The van der Waals surface area contributed by atoms with Crippen LogP contribution in [0.2, 0.25) is 0 Å². The summed E-state index contributed by atoms with van der Waals surface area (Å²) in [5.41, 5.74) is 1.31. The Labute approximate surface area is 177 Å². The topological polar surface area (TPSA) is 93.0 Å². The van der Waals surface area contributed by atoms with Crippen LogP contribution in [0.5, 0.6) is 0 Å². The number of likely N-dealkylation sites (tertiary alicyclic amines) is 1. The van der Waals surface area contributed by atoms with E-state index in [-0.39, 0.29) is 22.7 Å². The highest BCUT2D eigenvalue weighted by atomic mass is 32.1. The number of hydrogen-bond donors (Lipinski definition) is 1. The van der Waals surface area contributed by atoms with Gasteiger partial charge in [-0.05, 0) is 37.8 Å². The molecule has 9 heteroatoms. The highest BCUT2D eigenvalue weighted by Gasteiger charge is 2.25. The van der Waals surface area contributed by atoms with Gasteiger partial charge in [-0.1, -0.05) is 6.07 Å². The molecule has 0 bridgehead atoms. The highest BCUT2D eigenvalue weighted by molar-refractivity contribution is 7.13. The van der Waals surface area contributed by atoms with Crippen molar-refractivity contribution in [1.82, 2.24) is 24.0 Å². The van der Waals surface area contributed by atoms with Gasteiger partial charge in [0.05, 0.1) is 16.1 Å². The predicted molar refractivity (Wildman–Crippen MR) is 117 cm³/mol. The summed E-state index contributed by atoms with van der Waals surface area (Å²) < 4.78 is 2.68. The molecule has 0 saturated carbocycles. The van der Waals surface area contributed by atoms with Gasteiger partial charge in [-0.15, -0.1) is 11.3 Å². The third kappa shape index (κ3) is 3.82. The monoisotopic (exact) mass is 427 g/mol. The number of thiophene rings is 1. The molecule has 1 atom stereocenters. The van der Waals surface area contributed by atoms with E-state index in [1.807, 2.05) is 24.4 Å². The molecule has 0 aromatic carbocycles. The van der Waals surface area contributed by atoms with Crippen molar-refractivity contribution in [3.8, 4) is 10.6 Å². The first-order chi connectivity index (χ1) is 14.3. The van der Waals surface area contributed by atoms with Crippen molar-refractivity contribution in [1.29, 1.82) is 0 Å². The molecule has 1 unspecified atom stereocenters. The maximum atomic E-state index is 12.7. The number of hydrogen-bond acceptors (Lipinski definition) is 6. The lowest BCUT2D eigenvalue weighted by Crippen LogP contribution is -2.43. The van der Waals surface area contributed by atoms with Gasteiger partial charge >= 0.3 is 5.69 Å². The Balaban J connectivity index is 1.61. The molecule has 3 aromatic rings. The summed E-state index contributed by atoms with van der Waals surface area (Å²) in [5.74, 6) is 0.781. The summed E-state index contributed by atoms with van der Waals surface area (Å²) in [6.07, 6.45) is 1.88. The molecule has 1 saturated heterocycles. The fourth-order valence-electron chi connectivity index (χ4n) is 4.06. The number of aromatic amines is 1. The molecule has 158 valence electrons. The Bertz CT molecular complexity index is 1240. The molecular weight excluding hydrogens is 402 g/mol. The minimum Gasteiger partial charge on any atom is -0.310 e. The van der Waals surface area contributed by atoms with E-state index in [1.54, 1.807) is 18.4 Å². The Hall–Kier alpha value is -2.78. The molecule has 1 N–H and O–H groups in total. The van der Waals surface area contributed by atoms with Crippen LogP contribution in [0.1, 0.15) is 35.8 Å². The minimum absolute atomic E-state index is 0.0862. The van der Waals surface area contributed by atoms with Crippen LogP contribution in [0.15, 0.2) is 38.0 Å². The van der Waals surface area contributed by atoms with Gasteiger partial charge in [0.25, 0.3) is 11.1 Å². The van der Waals surface area contributed by atoms with Crippen LogP contribution in [0.4, 0.5) is 0 Å². The first-order valence-corrected chi connectivity index (χ1v) is 10.9. The van der Waals surface area contributed by atoms with Crippen LogP contribution in [-0.2, 0) is 20.6 Å². The van der Waals surface area contributed by atoms with E-state index in [0.717, 1.165) is 28.8 Å². The number of piperidine rings is 1. The fraction of sp³-hybridized carbons (Fsp3) is 0.429. The van der Waals surface area contributed by atoms with Crippen molar-refractivity contribution >= 4 is 11.3 Å². The molecule has 0 amide bonds. The minimum atomic E-state index is -0.315. The highest BCUT2D eigenvalue weighted by Crippen LogP contribution is 2.27. The lowest BCUT2D eigenvalue weighted by Gasteiger charge is -2.32. The zero-order chi connectivity index (χ0) is 21.4. The summed E-state index contributed by atoms with van der Waals surface area (Å²) in [7, 11) is 3.20. The molecule has 4 rings (SSSR count). The van der Waals surface area contributed by atoms with E-state index < -0.39 is 0 Å². The quantitative estimate of drug-likeness (QED) is 0.683. The largest absolute Gasteiger partial charge is 0.330 e. The van der Waals surface area contributed by atoms with E-state index in [0.29, 0.717) is 35.9 Å². The van der Waals surface area contributed by atoms with Gasteiger partial charge < -0.3 is 9.55 Å². The van der Waals surface area contributed by atoms with E-state index >= 15 is 0 Å². The molecule has 30 heavy (non-hydrogen) atoms. The second-order valence-corrected chi connectivity index (χ2v) is 8.78. The molecule has 0 radical (unpaired) electrons. The number of nitrogens with one attached hydrogen (secondary N) is 1. The second kappa shape index (κ2) is 8.16. The number of H-pyrrole nitrogens is 1. The third-order valence-corrected chi connectivity index (χ3v) is 6.78. The Kier molecular flexibility index (Phi) is 5.57. The molecule has 1 aliphatic heterocycles. The van der Waals surface area contributed by atoms with Gasteiger partial charge in [0.2, 0.25) is 0 Å². The van der Waals surface area contributed by atoms with E-state index in [1.165, 1.54) is 17.7 Å². The number of rotatable bonds is 4. The van der Waals surface area contributed by atoms with Gasteiger partial charge in [0, 0.05) is 44.9 Å². The van der Waals surface area contributed by atoms with Gasteiger partial charge in [0.15, 0.2) is 0 Å². The molecule has 1 aliphatic rings. The summed E-state index contributed by atoms with van der Waals surface area (Å²) in [6, 6.07) is 5.44. The Morgan fingerprint density at radius 3 is 2.77 bits per heavy atom. The molecule has 4 heterocycles. The number of aromatic nitrogens is 4. The maximum absolute atomic E-state index is 12.7. The van der Waals surface area contributed by atoms with Crippen molar-refractivity contribution in [3.63, 3.8) is 0 Å². The van der Waals surface area contributed by atoms with Crippen molar-refractivity contribution in [2.75, 3.05) is 13.1 Å². The SMILES string of the molecule is Cc1c(CN2CCCC(c3nc(-c4cccs4)cc(=O)[nH]3)C2)c(=O)n(C)c(=O)n1C. The van der Waals surface area contributed by atoms with E-state index in [9.17, 15) is 14.4 Å². The predicted octanol–water partition coefficient (Wildman–Crippen LogP) is 1.58. The zero-order valence-electron chi connectivity index (χ0n) is 17.3. The summed E-state index contributed by atoms with van der Waals surface area (Å²) >= 11 is 1.56. The second-order valence-electron chi connectivity index (χ2n) is 7.84.